The van der Waals surface area contributed by atoms with Gasteiger partial charge in [0.25, 0.3) is 0 Å². The first-order valence-corrected chi connectivity index (χ1v) is 12.2. The summed E-state index contributed by atoms with van der Waals surface area (Å²) in [6, 6.07) is 8.86. The fourth-order valence-corrected chi connectivity index (χ4v) is 5.70. The van der Waals surface area contributed by atoms with Crippen LogP contribution in [-0.2, 0) is 0 Å². The Bertz CT molecular complexity index is 577. The van der Waals surface area contributed by atoms with Crippen molar-refractivity contribution in [2.45, 2.75) is 89.9 Å². The molecule has 162 valence electrons. The van der Waals surface area contributed by atoms with Gasteiger partial charge in [-0.15, -0.1) is 0 Å². The minimum absolute atomic E-state index is 0.220. The highest BCUT2D eigenvalue weighted by molar-refractivity contribution is 5.29. The lowest BCUT2D eigenvalue weighted by atomic mass is 9.68. The molecule has 3 rings (SSSR count). The van der Waals surface area contributed by atoms with Gasteiger partial charge >= 0.3 is 0 Å². The Morgan fingerprint density at radius 3 is 2.10 bits per heavy atom. The van der Waals surface area contributed by atoms with E-state index < -0.39 is 0 Å². The summed E-state index contributed by atoms with van der Waals surface area (Å²) >= 11 is 0. The molecule has 2 heteroatoms. The minimum atomic E-state index is -0.220. The van der Waals surface area contributed by atoms with E-state index in [2.05, 4.69) is 30.3 Å². The molecule has 0 amide bonds. The molecule has 0 spiro atoms. The molecule has 0 heterocycles. The van der Waals surface area contributed by atoms with Crippen molar-refractivity contribution in [3.8, 4) is 5.75 Å². The zero-order valence-electron chi connectivity index (χ0n) is 18.5. The van der Waals surface area contributed by atoms with E-state index in [0.717, 1.165) is 42.4 Å². The third-order valence-electron chi connectivity index (χ3n) is 7.42. The fraction of sp³-hybridized carbons (Fsp3) is 0.704. The van der Waals surface area contributed by atoms with Crippen LogP contribution in [-0.4, -0.2) is 13.3 Å². The monoisotopic (exact) mass is 400 g/mol. The molecule has 29 heavy (non-hydrogen) atoms. The first kappa shape index (κ1) is 22.4. The quantitative estimate of drug-likeness (QED) is 0.284. The minimum Gasteiger partial charge on any atom is -0.494 e. The van der Waals surface area contributed by atoms with Crippen LogP contribution in [0, 0.1) is 17.8 Å². The van der Waals surface area contributed by atoms with Gasteiger partial charge in [-0.25, -0.2) is 0 Å². The van der Waals surface area contributed by atoms with E-state index in [4.69, 9.17) is 4.74 Å². The van der Waals surface area contributed by atoms with Crippen LogP contribution in [0.1, 0.15) is 95.5 Å². The van der Waals surface area contributed by atoms with Crippen molar-refractivity contribution in [3.63, 3.8) is 0 Å². The zero-order chi connectivity index (χ0) is 20.3. The molecule has 1 aromatic rings. The Kier molecular flexibility index (Phi) is 9.57. The molecule has 0 aliphatic heterocycles. The smallest absolute Gasteiger partial charge is 0.119 e. The van der Waals surface area contributed by atoms with Crippen molar-refractivity contribution in [2.24, 2.45) is 17.8 Å². The second-order valence-electron chi connectivity index (χ2n) is 9.27. The molecule has 2 aliphatic rings. The number of hydrogen-bond donors (Lipinski definition) is 0. The Labute approximate surface area is 178 Å². The third-order valence-corrected chi connectivity index (χ3v) is 7.42. The van der Waals surface area contributed by atoms with Gasteiger partial charge in [0.05, 0.1) is 13.3 Å². The lowest BCUT2D eigenvalue weighted by Crippen LogP contribution is -2.25. The van der Waals surface area contributed by atoms with Crippen LogP contribution < -0.4 is 4.74 Å². The average Bonchev–Trinajstić information content (AvgIpc) is 2.78. The van der Waals surface area contributed by atoms with Gasteiger partial charge in [0.1, 0.15) is 5.75 Å². The van der Waals surface area contributed by atoms with Gasteiger partial charge in [-0.05, 0) is 106 Å². The van der Waals surface area contributed by atoms with E-state index in [1.165, 1.54) is 69.8 Å². The number of ether oxygens (including phenoxy) is 1. The predicted octanol–water partition coefficient (Wildman–Crippen LogP) is 8.25. The zero-order valence-corrected chi connectivity index (χ0v) is 18.5. The van der Waals surface area contributed by atoms with Gasteiger partial charge in [-0.3, -0.25) is 4.39 Å². The average molecular weight is 401 g/mol. The molecule has 0 unspecified atom stereocenters. The van der Waals surface area contributed by atoms with Crippen LogP contribution in [0.5, 0.6) is 5.75 Å². The van der Waals surface area contributed by atoms with E-state index in [1.807, 2.05) is 13.0 Å². The summed E-state index contributed by atoms with van der Waals surface area (Å²) in [6.07, 6.45) is 19.9. The van der Waals surface area contributed by atoms with Gasteiger partial charge in [0.15, 0.2) is 0 Å². The molecule has 0 aromatic heterocycles. The standard InChI is InChI=1S/C27H41FO/c1-2-29-27-19-17-26(18-20-27)25-15-13-24(14-16-25)23-11-9-22(10-12-23)8-6-4-3-5-7-21-28/h3,5,17-20,22-25H,2,4,6-16,21H2,1H3/b5-3+/t22-,23-,24?,25?. The molecular formula is C27H41FO. The Hall–Kier alpha value is -1.31. The molecule has 1 aromatic carbocycles. The molecule has 0 saturated heterocycles. The maximum absolute atomic E-state index is 12.1. The third kappa shape index (κ3) is 7.15. The van der Waals surface area contributed by atoms with E-state index >= 15 is 0 Å². The first-order valence-electron chi connectivity index (χ1n) is 12.2. The molecule has 2 fully saturated rings. The van der Waals surface area contributed by atoms with E-state index in [0.29, 0.717) is 6.42 Å². The molecule has 0 N–H and O–H groups in total. The van der Waals surface area contributed by atoms with Crippen molar-refractivity contribution < 1.29 is 9.13 Å². The van der Waals surface area contributed by atoms with Crippen molar-refractivity contribution >= 4 is 0 Å². The van der Waals surface area contributed by atoms with Crippen LogP contribution in [0.25, 0.3) is 0 Å². The Balaban J connectivity index is 1.33. The second kappa shape index (κ2) is 12.4. The number of benzene rings is 1. The molecule has 1 nitrogen and oxygen atoms in total. The van der Waals surface area contributed by atoms with Crippen LogP contribution in [0.3, 0.4) is 0 Å². The van der Waals surface area contributed by atoms with Crippen LogP contribution in [0.2, 0.25) is 0 Å². The number of unbranched alkanes of at least 4 members (excludes halogenated alkanes) is 1. The Morgan fingerprint density at radius 1 is 0.862 bits per heavy atom. The summed E-state index contributed by atoms with van der Waals surface area (Å²) in [6.45, 7) is 2.56. The van der Waals surface area contributed by atoms with Gasteiger partial charge in [0, 0.05) is 0 Å². The summed E-state index contributed by atoms with van der Waals surface area (Å²) in [5.41, 5.74) is 1.51. The SMILES string of the molecule is CCOc1ccc(C2CCC([C@H]3CC[C@H](CCC/C=C/CCF)CC3)CC2)cc1. The molecule has 0 radical (unpaired) electrons. The maximum Gasteiger partial charge on any atom is 0.119 e. The van der Waals surface area contributed by atoms with Crippen molar-refractivity contribution in [1.82, 2.24) is 0 Å². The number of hydrogen-bond acceptors (Lipinski definition) is 1. The predicted molar refractivity (Wildman–Crippen MR) is 121 cm³/mol. The summed E-state index contributed by atoms with van der Waals surface area (Å²) in [7, 11) is 0. The van der Waals surface area contributed by atoms with Crippen molar-refractivity contribution in [1.29, 1.82) is 0 Å². The number of rotatable bonds is 10. The topological polar surface area (TPSA) is 9.23 Å². The lowest BCUT2D eigenvalue weighted by Gasteiger charge is -2.38. The summed E-state index contributed by atoms with van der Waals surface area (Å²) in [5, 5.41) is 0. The molecule has 0 atom stereocenters. The van der Waals surface area contributed by atoms with E-state index in [-0.39, 0.29) is 6.67 Å². The van der Waals surface area contributed by atoms with Crippen LogP contribution in [0.15, 0.2) is 36.4 Å². The highest BCUT2D eigenvalue weighted by Gasteiger charge is 2.31. The maximum atomic E-state index is 12.1. The first-order chi connectivity index (χ1) is 14.3. The van der Waals surface area contributed by atoms with E-state index in [1.54, 1.807) is 0 Å². The number of alkyl halides is 1. The lowest BCUT2D eigenvalue weighted by molar-refractivity contribution is 0.156. The second-order valence-corrected chi connectivity index (χ2v) is 9.27. The number of halogens is 1. The van der Waals surface area contributed by atoms with Crippen molar-refractivity contribution in [2.75, 3.05) is 13.3 Å². The van der Waals surface area contributed by atoms with Gasteiger partial charge < -0.3 is 4.74 Å². The highest BCUT2D eigenvalue weighted by atomic mass is 19.1. The molecular weight excluding hydrogens is 359 g/mol. The van der Waals surface area contributed by atoms with Gasteiger partial charge in [-0.1, -0.05) is 43.5 Å². The largest absolute Gasteiger partial charge is 0.494 e. The Morgan fingerprint density at radius 2 is 1.48 bits per heavy atom. The van der Waals surface area contributed by atoms with E-state index in [9.17, 15) is 4.39 Å². The van der Waals surface area contributed by atoms with Crippen LogP contribution in [0.4, 0.5) is 4.39 Å². The molecule has 2 aliphatic carbocycles. The normalized spacial score (nSPS) is 27.9. The van der Waals surface area contributed by atoms with Crippen molar-refractivity contribution in [3.05, 3.63) is 42.0 Å². The molecule has 0 bridgehead atoms. The van der Waals surface area contributed by atoms with Gasteiger partial charge in [-0.2, -0.15) is 0 Å². The number of allylic oxidation sites excluding steroid dienone is 2. The van der Waals surface area contributed by atoms with Crippen LogP contribution >= 0.6 is 0 Å². The summed E-state index contributed by atoms with van der Waals surface area (Å²) < 4.78 is 17.7. The highest BCUT2D eigenvalue weighted by Crippen LogP contribution is 2.44. The summed E-state index contributed by atoms with van der Waals surface area (Å²) in [4.78, 5) is 0. The summed E-state index contributed by atoms with van der Waals surface area (Å²) in [5.74, 6) is 4.65. The fourth-order valence-electron chi connectivity index (χ4n) is 5.70. The molecule has 2 saturated carbocycles. The van der Waals surface area contributed by atoms with Gasteiger partial charge in [0.2, 0.25) is 0 Å².